The molecule has 1 aliphatic rings. The molecule has 6 heteroatoms. The minimum absolute atomic E-state index is 0.0168. The minimum Gasteiger partial charge on any atom is -0.465 e. The third-order valence-electron chi connectivity index (χ3n) is 4.75. The fourth-order valence-electron chi connectivity index (χ4n) is 3.43. The molecule has 27 heavy (non-hydrogen) atoms. The first kappa shape index (κ1) is 19.3. The van der Waals surface area contributed by atoms with Gasteiger partial charge < -0.3 is 14.8 Å². The lowest BCUT2D eigenvalue weighted by Gasteiger charge is -2.29. The van der Waals surface area contributed by atoms with Crippen molar-refractivity contribution in [2.75, 3.05) is 31.7 Å². The maximum atomic E-state index is 12.5. The summed E-state index contributed by atoms with van der Waals surface area (Å²) in [6.45, 7) is 3.34. The number of rotatable bonds is 7. The molecule has 0 bridgehead atoms. The lowest BCUT2D eigenvalue weighted by Crippen LogP contribution is -2.49. The normalized spacial score (nSPS) is 18.0. The summed E-state index contributed by atoms with van der Waals surface area (Å²) in [5, 5.41) is 8.05. The highest BCUT2D eigenvalue weighted by Crippen LogP contribution is 2.23. The molecule has 2 aromatic rings. The van der Waals surface area contributed by atoms with Crippen LogP contribution in [0.25, 0.3) is 10.8 Å². The molecule has 0 aromatic heterocycles. The van der Waals surface area contributed by atoms with Crippen molar-refractivity contribution < 1.29 is 19.1 Å². The number of ether oxygens (including phenoxy) is 2. The number of benzene rings is 2. The summed E-state index contributed by atoms with van der Waals surface area (Å²) in [5.41, 5.74) is 0.758. The van der Waals surface area contributed by atoms with E-state index in [1.165, 1.54) is 0 Å². The molecular weight excluding hydrogens is 344 g/mol. The van der Waals surface area contributed by atoms with E-state index in [9.17, 15) is 9.59 Å². The molecule has 0 spiro atoms. The summed E-state index contributed by atoms with van der Waals surface area (Å²) in [7, 11) is 0. The molecule has 2 atom stereocenters. The summed E-state index contributed by atoms with van der Waals surface area (Å²) in [4.78, 5) is 24.8. The van der Waals surface area contributed by atoms with Gasteiger partial charge in [-0.25, -0.2) is 0 Å². The lowest BCUT2D eigenvalue weighted by molar-refractivity contribution is -0.148. The topological polar surface area (TPSA) is 76.7 Å². The van der Waals surface area contributed by atoms with Gasteiger partial charge in [0.1, 0.15) is 6.04 Å². The van der Waals surface area contributed by atoms with Crippen LogP contribution in [0.2, 0.25) is 0 Å². The Morgan fingerprint density at radius 2 is 2.04 bits per heavy atom. The largest absolute Gasteiger partial charge is 0.465 e. The Morgan fingerprint density at radius 1 is 1.22 bits per heavy atom. The summed E-state index contributed by atoms with van der Waals surface area (Å²) in [6.07, 6.45) is 1.78. The number of amides is 1. The number of carbonyl (C=O) groups is 2. The molecule has 0 aliphatic carbocycles. The van der Waals surface area contributed by atoms with Crippen molar-refractivity contribution in [2.45, 2.75) is 25.8 Å². The Labute approximate surface area is 159 Å². The third kappa shape index (κ3) is 5.05. The molecular formula is C21H26N2O4. The predicted octanol–water partition coefficient (Wildman–Crippen LogP) is 2.73. The first-order valence-electron chi connectivity index (χ1n) is 9.44. The Kier molecular flexibility index (Phi) is 6.79. The number of anilines is 1. The smallest absolute Gasteiger partial charge is 0.323 e. The van der Waals surface area contributed by atoms with Crippen LogP contribution in [-0.2, 0) is 19.1 Å². The minimum atomic E-state index is -0.538. The van der Waals surface area contributed by atoms with Crippen LogP contribution in [0, 0.1) is 5.92 Å². The Bertz CT molecular complexity index is 781. The van der Waals surface area contributed by atoms with Crippen molar-refractivity contribution in [3.63, 3.8) is 0 Å². The molecule has 2 N–H and O–H groups in total. The quantitative estimate of drug-likeness (QED) is 0.733. The fraction of sp³-hybridized carbons (Fsp3) is 0.429. The molecule has 1 saturated heterocycles. The van der Waals surface area contributed by atoms with Crippen LogP contribution < -0.4 is 10.6 Å². The monoisotopic (exact) mass is 370 g/mol. The zero-order valence-electron chi connectivity index (χ0n) is 15.6. The molecule has 3 rings (SSSR count). The van der Waals surface area contributed by atoms with Gasteiger partial charge in [-0.3, -0.25) is 14.9 Å². The predicted molar refractivity (Wildman–Crippen MR) is 105 cm³/mol. The van der Waals surface area contributed by atoms with Crippen LogP contribution in [-0.4, -0.2) is 44.3 Å². The summed E-state index contributed by atoms with van der Waals surface area (Å²) in [5.74, 6) is -0.508. The van der Waals surface area contributed by atoms with Gasteiger partial charge in [-0.1, -0.05) is 36.4 Å². The van der Waals surface area contributed by atoms with Crippen molar-refractivity contribution in [2.24, 2.45) is 5.92 Å². The SMILES string of the molecule is CCOC(=O)[C@H](NCC(=O)Nc1cccc2ccccc12)[C@@H]1CCCOC1. The maximum absolute atomic E-state index is 12.5. The van der Waals surface area contributed by atoms with Gasteiger partial charge in [0.25, 0.3) is 0 Å². The van der Waals surface area contributed by atoms with Gasteiger partial charge in [0.2, 0.25) is 5.91 Å². The number of hydrogen-bond acceptors (Lipinski definition) is 5. The van der Waals surface area contributed by atoms with E-state index in [4.69, 9.17) is 9.47 Å². The van der Waals surface area contributed by atoms with Crippen LogP contribution in [0.4, 0.5) is 5.69 Å². The van der Waals surface area contributed by atoms with Crippen LogP contribution in [0.15, 0.2) is 42.5 Å². The average Bonchev–Trinajstić information content (AvgIpc) is 2.69. The zero-order valence-corrected chi connectivity index (χ0v) is 15.6. The molecule has 1 fully saturated rings. The second-order valence-corrected chi connectivity index (χ2v) is 6.66. The van der Waals surface area contributed by atoms with Crippen LogP contribution >= 0.6 is 0 Å². The van der Waals surface area contributed by atoms with E-state index >= 15 is 0 Å². The van der Waals surface area contributed by atoms with E-state index < -0.39 is 6.04 Å². The number of hydrogen-bond donors (Lipinski definition) is 2. The fourth-order valence-corrected chi connectivity index (χ4v) is 3.43. The zero-order chi connectivity index (χ0) is 19.1. The maximum Gasteiger partial charge on any atom is 0.323 e. The van der Waals surface area contributed by atoms with Gasteiger partial charge in [-0.05, 0) is 31.2 Å². The second-order valence-electron chi connectivity index (χ2n) is 6.66. The average molecular weight is 370 g/mol. The highest BCUT2D eigenvalue weighted by molar-refractivity contribution is 6.02. The number of esters is 1. The number of carbonyl (C=O) groups excluding carboxylic acids is 2. The molecule has 6 nitrogen and oxygen atoms in total. The van der Waals surface area contributed by atoms with Crippen molar-refractivity contribution in [3.05, 3.63) is 42.5 Å². The van der Waals surface area contributed by atoms with E-state index in [0.29, 0.717) is 19.8 Å². The van der Waals surface area contributed by atoms with E-state index in [2.05, 4.69) is 10.6 Å². The van der Waals surface area contributed by atoms with Gasteiger partial charge in [0.15, 0.2) is 0 Å². The van der Waals surface area contributed by atoms with E-state index in [-0.39, 0.29) is 24.3 Å². The van der Waals surface area contributed by atoms with Crippen LogP contribution in [0.1, 0.15) is 19.8 Å². The first-order chi connectivity index (χ1) is 13.2. The summed E-state index contributed by atoms with van der Waals surface area (Å²) in [6, 6.07) is 13.1. The van der Waals surface area contributed by atoms with E-state index in [0.717, 1.165) is 29.3 Å². The molecule has 0 radical (unpaired) electrons. The molecule has 144 valence electrons. The van der Waals surface area contributed by atoms with Gasteiger partial charge in [0, 0.05) is 23.6 Å². The highest BCUT2D eigenvalue weighted by Gasteiger charge is 2.31. The van der Waals surface area contributed by atoms with Crippen molar-refractivity contribution in [3.8, 4) is 0 Å². The molecule has 0 saturated carbocycles. The highest BCUT2D eigenvalue weighted by atomic mass is 16.5. The van der Waals surface area contributed by atoms with Gasteiger partial charge in [0.05, 0.1) is 19.8 Å². The van der Waals surface area contributed by atoms with Crippen LogP contribution in [0.3, 0.4) is 0 Å². The van der Waals surface area contributed by atoms with Crippen molar-refractivity contribution in [1.82, 2.24) is 5.32 Å². The molecule has 1 aliphatic heterocycles. The number of nitrogens with one attached hydrogen (secondary N) is 2. The van der Waals surface area contributed by atoms with Crippen molar-refractivity contribution in [1.29, 1.82) is 0 Å². The van der Waals surface area contributed by atoms with Crippen molar-refractivity contribution >= 4 is 28.3 Å². The van der Waals surface area contributed by atoms with E-state index in [1.54, 1.807) is 6.92 Å². The van der Waals surface area contributed by atoms with Gasteiger partial charge >= 0.3 is 5.97 Å². The number of fused-ring (bicyclic) bond motifs is 1. The van der Waals surface area contributed by atoms with E-state index in [1.807, 2.05) is 42.5 Å². The van der Waals surface area contributed by atoms with Gasteiger partial charge in [-0.15, -0.1) is 0 Å². The lowest BCUT2D eigenvalue weighted by atomic mass is 9.93. The van der Waals surface area contributed by atoms with Gasteiger partial charge in [-0.2, -0.15) is 0 Å². The second kappa shape index (κ2) is 9.48. The molecule has 0 unspecified atom stereocenters. The Hall–Kier alpha value is -2.44. The Balaban J connectivity index is 1.63. The molecule has 2 aromatic carbocycles. The standard InChI is InChI=1S/C21H26N2O4/c1-2-27-21(25)20(16-9-6-12-26-14-16)22-13-19(24)23-18-11-5-8-15-7-3-4-10-17(15)18/h3-5,7-8,10-11,16,20,22H,2,6,9,12-14H2,1H3,(H,23,24)/t16-,20-/m1/s1. The van der Waals surface area contributed by atoms with Crippen LogP contribution in [0.5, 0.6) is 0 Å². The third-order valence-corrected chi connectivity index (χ3v) is 4.75. The first-order valence-corrected chi connectivity index (χ1v) is 9.44. The Morgan fingerprint density at radius 3 is 2.81 bits per heavy atom. The molecule has 1 amide bonds. The molecule has 1 heterocycles. The summed E-state index contributed by atoms with van der Waals surface area (Å²) >= 11 is 0. The summed E-state index contributed by atoms with van der Waals surface area (Å²) < 4.78 is 10.7.